The average molecular weight is 198 g/mol. The van der Waals surface area contributed by atoms with Gasteiger partial charge >= 0.3 is 0 Å². The Kier molecular flexibility index (Phi) is 5.49. The lowest BCUT2D eigenvalue weighted by Crippen LogP contribution is -2.30. The molecule has 1 saturated heterocycles. The van der Waals surface area contributed by atoms with Crippen molar-refractivity contribution < 1.29 is 0 Å². The molecule has 2 unspecified atom stereocenters. The van der Waals surface area contributed by atoms with E-state index in [9.17, 15) is 0 Å². The van der Waals surface area contributed by atoms with Crippen LogP contribution in [0.4, 0.5) is 0 Å². The molecule has 1 fully saturated rings. The summed E-state index contributed by atoms with van der Waals surface area (Å²) >= 11 is 0. The summed E-state index contributed by atoms with van der Waals surface area (Å²) in [5, 5.41) is 3.47. The second kappa shape index (κ2) is 6.41. The molecule has 0 amide bonds. The van der Waals surface area contributed by atoms with Gasteiger partial charge in [0, 0.05) is 6.54 Å². The zero-order chi connectivity index (χ0) is 10.4. The molecule has 14 heavy (non-hydrogen) atoms. The summed E-state index contributed by atoms with van der Waals surface area (Å²) in [5.41, 5.74) is 0. The Morgan fingerprint density at radius 2 is 2.07 bits per heavy atom. The molecule has 2 nitrogen and oxygen atoms in total. The lowest BCUT2D eigenvalue weighted by Gasteiger charge is -2.22. The first-order chi connectivity index (χ1) is 6.74. The molecule has 0 bridgehead atoms. The van der Waals surface area contributed by atoms with Crippen LogP contribution in [0.1, 0.15) is 33.1 Å². The molecule has 1 aliphatic rings. The van der Waals surface area contributed by atoms with Crippen molar-refractivity contribution >= 4 is 0 Å². The van der Waals surface area contributed by atoms with E-state index in [4.69, 9.17) is 0 Å². The van der Waals surface area contributed by atoms with Crippen LogP contribution < -0.4 is 5.32 Å². The summed E-state index contributed by atoms with van der Waals surface area (Å²) in [7, 11) is 2.26. The minimum Gasteiger partial charge on any atom is -0.316 e. The van der Waals surface area contributed by atoms with E-state index < -0.39 is 0 Å². The Hall–Kier alpha value is -0.0800. The minimum atomic E-state index is 0.864. The third-order valence-corrected chi connectivity index (χ3v) is 3.37. The van der Waals surface area contributed by atoms with E-state index in [1.807, 2.05) is 0 Å². The number of hydrogen-bond acceptors (Lipinski definition) is 2. The van der Waals surface area contributed by atoms with Gasteiger partial charge in [0.25, 0.3) is 0 Å². The number of rotatable bonds is 6. The summed E-state index contributed by atoms with van der Waals surface area (Å²) < 4.78 is 0. The zero-order valence-corrected chi connectivity index (χ0v) is 10.1. The van der Waals surface area contributed by atoms with E-state index in [2.05, 4.69) is 31.1 Å². The Bertz CT molecular complexity index is 147. The molecular weight excluding hydrogens is 172 g/mol. The first-order valence-electron chi connectivity index (χ1n) is 6.13. The third kappa shape index (κ3) is 3.97. The molecule has 1 rings (SSSR count). The molecule has 0 aromatic carbocycles. The fourth-order valence-electron chi connectivity index (χ4n) is 2.23. The van der Waals surface area contributed by atoms with Crippen LogP contribution in [-0.4, -0.2) is 38.1 Å². The molecule has 2 heteroatoms. The predicted molar refractivity (Wildman–Crippen MR) is 62.5 cm³/mol. The number of unbranched alkanes of at least 4 members (excludes halogenated alkanes) is 2. The Balaban J connectivity index is 2.09. The second-order valence-corrected chi connectivity index (χ2v) is 4.86. The molecule has 0 aromatic rings. The van der Waals surface area contributed by atoms with E-state index in [-0.39, 0.29) is 0 Å². The van der Waals surface area contributed by atoms with Gasteiger partial charge in [-0.1, -0.05) is 26.7 Å². The van der Waals surface area contributed by atoms with Crippen molar-refractivity contribution in [3.63, 3.8) is 0 Å². The summed E-state index contributed by atoms with van der Waals surface area (Å²) in [6.45, 7) is 9.62. The van der Waals surface area contributed by atoms with E-state index in [1.165, 1.54) is 45.4 Å². The predicted octanol–water partition coefficient (Wildman–Crippen LogP) is 1.96. The van der Waals surface area contributed by atoms with Gasteiger partial charge in [-0.25, -0.2) is 0 Å². The highest BCUT2D eigenvalue weighted by atomic mass is 15.1. The molecule has 0 aromatic heterocycles. The molecule has 1 aliphatic heterocycles. The monoisotopic (exact) mass is 198 g/mol. The first kappa shape index (κ1) is 12.0. The van der Waals surface area contributed by atoms with Gasteiger partial charge in [0.15, 0.2) is 0 Å². The topological polar surface area (TPSA) is 15.3 Å². The van der Waals surface area contributed by atoms with Crippen LogP contribution in [-0.2, 0) is 0 Å². The zero-order valence-electron chi connectivity index (χ0n) is 10.1. The van der Waals surface area contributed by atoms with Crippen molar-refractivity contribution in [2.24, 2.45) is 11.8 Å². The standard InChI is InChI=1S/C12H26N2/c1-4-5-6-7-14(3)10-12-9-13-8-11(12)2/h11-13H,4-10H2,1-3H3. The van der Waals surface area contributed by atoms with Crippen molar-refractivity contribution in [2.75, 3.05) is 33.2 Å². The second-order valence-electron chi connectivity index (χ2n) is 4.86. The summed E-state index contributed by atoms with van der Waals surface area (Å²) in [5.74, 6) is 1.74. The Morgan fingerprint density at radius 3 is 2.64 bits per heavy atom. The van der Waals surface area contributed by atoms with E-state index in [0.29, 0.717) is 0 Å². The molecule has 0 radical (unpaired) electrons. The molecule has 1 N–H and O–H groups in total. The largest absolute Gasteiger partial charge is 0.316 e. The van der Waals surface area contributed by atoms with E-state index in [0.717, 1.165) is 11.8 Å². The van der Waals surface area contributed by atoms with Crippen LogP contribution in [0.15, 0.2) is 0 Å². The van der Waals surface area contributed by atoms with Gasteiger partial charge in [0.2, 0.25) is 0 Å². The maximum Gasteiger partial charge on any atom is 0.00218 e. The van der Waals surface area contributed by atoms with Gasteiger partial charge in [0.05, 0.1) is 0 Å². The van der Waals surface area contributed by atoms with Crippen LogP contribution in [0, 0.1) is 11.8 Å². The quantitative estimate of drug-likeness (QED) is 0.656. The van der Waals surface area contributed by atoms with Gasteiger partial charge in [-0.2, -0.15) is 0 Å². The maximum absolute atomic E-state index is 3.47. The van der Waals surface area contributed by atoms with Crippen molar-refractivity contribution in [3.05, 3.63) is 0 Å². The van der Waals surface area contributed by atoms with Crippen LogP contribution >= 0.6 is 0 Å². The van der Waals surface area contributed by atoms with Crippen molar-refractivity contribution in [1.29, 1.82) is 0 Å². The van der Waals surface area contributed by atoms with Crippen LogP contribution in [0.3, 0.4) is 0 Å². The first-order valence-corrected chi connectivity index (χ1v) is 6.13. The van der Waals surface area contributed by atoms with Crippen LogP contribution in [0.25, 0.3) is 0 Å². The minimum absolute atomic E-state index is 0.864. The summed E-state index contributed by atoms with van der Waals surface area (Å²) in [6, 6.07) is 0. The van der Waals surface area contributed by atoms with Gasteiger partial charge in [-0.3, -0.25) is 0 Å². The van der Waals surface area contributed by atoms with Crippen molar-refractivity contribution in [1.82, 2.24) is 10.2 Å². The van der Waals surface area contributed by atoms with E-state index in [1.54, 1.807) is 0 Å². The third-order valence-electron chi connectivity index (χ3n) is 3.37. The normalized spacial score (nSPS) is 27.4. The highest BCUT2D eigenvalue weighted by Gasteiger charge is 2.23. The Morgan fingerprint density at radius 1 is 1.29 bits per heavy atom. The van der Waals surface area contributed by atoms with Crippen LogP contribution in [0.2, 0.25) is 0 Å². The van der Waals surface area contributed by atoms with Crippen LogP contribution in [0.5, 0.6) is 0 Å². The number of nitrogens with one attached hydrogen (secondary N) is 1. The molecule has 1 heterocycles. The van der Waals surface area contributed by atoms with Crippen molar-refractivity contribution in [3.8, 4) is 0 Å². The lowest BCUT2D eigenvalue weighted by atomic mass is 9.98. The molecule has 0 spiro atoms. The molecule has 0 aliphatic carbocycles. The van der Waals surface area contributed by atoms with Gasteiger partial charge < -0.3 is 10.2 Å². The van der Waals surface area contributed by atoms with Gasteiger partial charge in [0.1, 0.15) is 0 Å². The molecule has 0 saturated carbocycles. The molecular formula is C12H26N2. The SMILES string of the molecule is CCCCCN(C)CC1CNCC1C. The summed E-state index contributed by atoms with van der Waals surface area (Å²) in [6.07, 6.45) is 4.07. The van der Waals surface area contributed by atoms with E-state index >= 15 is 0 Å². The Labute approximate surface area is 89.1 Å². The van der Waals surface area contributed by atoms with Gasteiger partial charge in [-0.05, 0) is 44.9 Å². The molecule has 84 valence electrons. The smallest absolute Gasteiger partial charge is 0.00218 e. The number of hydrogen-bond donors (Lipinski definition) is 1. The fourth-order valence-corrected chi connectivity index (χ4v) is 2.23. The maximum atomic E-state index is 3.47. The summed E-state index contributed by atoms with van der Waals surface area (Å²) in [4.78, 5) is 2.50. The average Bonchev–Trinajstić information content (AvgIpc) is 2.52. The van der Waals surface area contributed by atoms with Gasteiger partial charge in [-0.15, -0.1) is 0 Å². The number of nitrogens with zero attached hydrogens (tertiary/aromatic N) is 1. The lowest BCUT2D eigenvalue weighted by molar-refractivity contribution is 0.255. The molecule has 2 atom stereocenters. The highest BCUT2D eigenvalue weighted by Crippen LogP contribution is 2.16. The fraction of sp³-hybridized carbons (Fsp3) is 1.00. The van der Waals surface area contributed by atoms with Crippen molar-refractivity contribution in [2.45, 2.75) is 33.1 Å². The highest BCUT2D eigenvalue weighted by molar-refractivity contribution is 4.79.